The molecule has 0 aliphatic rings. The van der Waals surface area contributed by atoms with Crippen molar-refractivity contribution in [2.45, 2.75) is 0 Å². The first-order chi connectivity index (χ1) is 3.30. The van der Waals surface area contributed by atoms with Crippen molar-refractivity contribution in [3.63, 3.8) is 0 Å². The summed E-state index contributed by atoms with van der Waals surface area (Å²) >= 11 is 4.06. The molecule has 0 amide bonds. The second-order valence-electron chi connectivity index (χ2n) is 1.27. The molecule has 0 radical (unpaired) electrons. The van der Waals surface area contributed by atoms with Gasteiger partial charge in [0.1, 0.15) is 7.05 Å². The van der Waals surface area contributed by atoms with E-state index >= 15 is 0 Å². The maximum Gasteiger partial charge on any atom is 0.297 e. The lowest BCUT2D eigenvalue weighted by atomic mass is 10.9. The second kappa shape index (κ2) is 3.99. The monoisotopic (exact) mass is 353 g/mol. The Morgan fingerprint density at radius 2 is 2.38 bits per heavy atom. The third-order valence-electron chi connectivity index (χ3n) is 0.727. The fourth-order valence-electron chi connectivity index (χ4n) is 0.320. The molecule has 1 heterocycles. The molecule has 1 aromatic heterocycles. The Morgan fingerprint density at radius 1 is 1.75 bits per heavy atom. The van der Waals surface area contributed by atoms with Crippen LogP contribution in [-0.4, -0.2) is 0 Å². The number of aryl methyl sites for hydroxylation is 1. The van der Waals surface area contributed by atoms with E-state index in [4.69, 9.17) is 0 Å². The molecule has 8 heavy (non-hydrogen) atoms. The fraction of sp³-hybridized carbons (Fsp3) is 0.250. The topological polar surface area (TPSA) is 3.88 Å². The van der Waals surface area contributed by atoms with Crippen LogP contribution in [0.3, 0.4) is 0 Å². The quantitative estimate of drug-likeness (QED) is 0.382. The summed E-state index contributed by atoms with van der Waals surface area (Å²) in [5.74, 6) is 0. The summed E-state index contributed by atoms with van der Waals surface area (Å²) in [4.78, 5) is 0. The van der Waals surface area contributed by atoms with Crippen LogP contribution in [0, 0.1) is 3.01 Å². The summed E-state index contributed by atoms with van der Waals surface area (Å²) < 4.78 is 3.41. The second-order valence-corrected chi connectivity index (χ2v) is 3.92. The minimum absolute atomic E-state index is 0. The third-order valence-corrected chi connectivity index (χ3v) is 2.99. The first-order valence-electron chi connectivity index (χ1n) is 1.89. The van der Waals surface area contributed by atoms with E-state index < -0.39 is 0 Å². The number of rotatable bonds is 0. The zero-order valence-electron chi connectivity index (χ0n) is 4.27. The Bertz CT molecular complexity index is 146. The molecule has 0 aliphatic heterocycles. The van der Waals surface area contributed by atoms with E-state index in [9.17, 15) is 0 Å². The molecular weight excluding hydrogens is 348 g/mol. The number of hydrogen-bond donors (Lipinski definition) is 0. The fourth-order valence-corrected chi connectivity index (χ4v) is 1.50. The van der Waals surface area contributed by atoms with Gasteiger partial charge in [-0.2, -0.15) is 4.57 Å². The summed E-state index contributed by atoms with van der Waals surface area (Å²) in [5.41, 5.74) is 0. The van der Waals surface area contributed by atoms with Gasteiger partial charge in [0.05, 0.1) is 28.0 Å². The van der Waals surface area contributed by atoms with Crippen molar-refractivity contribution in [3.05, 3.63) is 14.6 Å². The van der Waals surface area contributed by atoms with Crippen LogP contribution in [0.4, 0.5) is 0 Å². The van der Waals surface area contributed by atoms with E-state index in [1.54, 1.807) is 11.3 Å². The minimum atomic E-state index is 0. The molecule has 0 unspecified atom stereocenters. The van der Waals surface area contributed by atoms with Crippen LogP contribution in [0.5, 0.6) is 0 Å². The lowest BCUT2D eigenvalue weighted by molar-refractivity contribution is -0.678. The highest BCUT2D eigenvalue weighted by atomic mass is 127. The molecule has 0 spiro atoms. The van der Waals surface area contributed by atoms with Gasteiger partial charge < -0.3 is 24.0 Å². The molecule has 4 heteroatoms. The molecular formula is C4H5I2NS. The highest BCUT2D eigenvalue weighted by Gasteiger charge is 1.98. The molecule has 0 atom stereocenters. The van der Waals surface area contributed by atoms with Gasteiger partial charge >= 0.3 is 0 Å². The Labute approximate surface area is 83.3 Å². The molecule has 0 saturated heterocycles. The highest BCUT2D eigenvalue weighted by Crippen LogP contribution is 2.02. The predicted molar refractivity (Wildman–Crippen MR) is 38.2 cm³/mol. The van der Waals surface area contributed by atoms with Gasteiger partial charge in [-0.1, -0.05) is 11.3 Å². The van der Waals surface area contributed by atoms with E-state index in [-0.39, 0.29) is 24.0 Å². The largest absolute Gasteiger partial charge is 1.00 e. The summed E-state index contributed by atoms with van der Waals surface area (Å²) in [5, 5.41) is 2.07. The standard InChI is InChI=1S/C4H5INS.HI/c1-6-2-3-7-4(6)5;/h2-3H,1H3;1H/q+1;/p-1. The molecule has 46 valence electrons. The van der Waals surface area contributed by atoms with Gasteiger partial charge in [-0.25, -0.2) is 0 Å². The predicted octanol–water partition coefficient (Wildman–Crippen LogP) is -1.82. The Hall–Kier alpha value is 1.09. The Morgan fingerprint density at radius 3 is 2.50 bits per heavy atom. The number of aromatic nitrogens is 1. The smallest absolute Gasteiger partial charge is 0.297 e. The van der Waals surface area contributed by atoms with Crippen LogP contribution in [0.2, 0.25) is 0 Å². The highest BCUT2D eigenvalue weighted by molar-refractivity contribution is 14.1. The van der Waals surface area contributed by atoms with Crippen molar-refractivity contribution < 1.29 is 28.5 Å². The van der Waals surface area contributed by atoms with Crippen molar-refractivity contribution in [3.8, 4) is 0 Å². The number of halogens is 2. The zero-order valence-corrected chi connectivity index (χ0v) is 9.40. The van der Waals surface area contributed by atoms with Gasteiger partial charge in [0.2, 0.25) is 0 Å². The van der Waals surface area contributed by atoms with Crippen LogP contribution >= 0.6 is 33.9 Å². The van der Waals surface area contributed by atoms with Crippen LogP contribution in [0.25, 0.3) is 0 Å². The number of hydrogen-bond acceptors (Lipinski definition) is 1. The van der Waals surface area contributed by atoms with Crippen molar-refractivity contribution in [1.82, 2.24) is 0 Å². The van der Waals surface area contributed by atoms with E-state index in [1.165, 1.54) is 3.01 Å². The van der Waals surface area contributed by atoms with Gasteiger partial charge in [0.15, 0.2) is 6.20 Å². The molecule has 0 N–H and O–H groups in total. The summed E-state index contributed by atoms with van der Waals surface area (Å²) in [6, 6.07) is 0. The van der Waals surface area contributed by atoms with Crippen LogP contribution < -0.4 is 28.5 Å². The first kappa shape index (κ1) is 9.09. The average molecular weight is 353 g/mol. The van der Waals surface area contributed by atoms with Crippen LogP contribution in [0.1, 0.15) is 0 Å². The third kappa shape index (κ3) is 2.14. The van der Waals surface area contributed by atoms with E-state index in [1.807, 2.05) is 13.2 Å². The first-order valence-corrected chi connectivity index (χ1v) is 3.85. The normalized spacial score (nSPS) is 8.25. The molecule has 0 aromatic carbocycles. The molecule has 1 aromatic rings. The van der Waals surface area contributed by atoms with Gasteiger partial charge in [-0.3, -0.25) is 0 Å². The van der Waals surface area contributed by atoms with Gasteiger partial charge in [0, 0.05) is 0 Å². The summed E-state index contributed by atoms with van der Waals surface area (Å²) in [6.45, 7) is 0. The van der Waals surface area contributed by atoms with Crippen LogP contribution in [0.15, 0.2) is 11.6 Å². The molecule has 0 fully saturated rings. The maximum absolute atomic E-state index is 2.30. The van der Waals surface area contributed by atoms with E-state index in [0.717, 1.165) is 0 Å². The average Bonchev–Trinajstić information content (AvgIpc) is 1.91. The molecule has 0 saturated carbocycles. The van der Waals surface area contributed by atoms with Crippen molar-refractivity contribution in [2.75, 3.05) is 0 Å². The maximum atomic E-state index is 2.30. The molecule has 0 bridgehead atoms. The Kier molecular flexibility index (Phi) is 4.54. The van der Waals surface area contributed by atoms with Crippen molar-refractivity contribution in [2.24, 2.45) is 7.05 Å². The summed E-state index contributed by atoms with van der Waals surface area (Å²) in [7, 11) is 2.04. The van der Waals surface area contributed by atoms with E-state index in [0.29, 0.717) is 0 Å². The van der Waals surface area contributed by atoms with Crippen LogP contribution in [-0.2, 0) is 7.05 Å². The van der Waals surface area contributed by atoms with Gasteiger partial charge in [-0.05, 0) is 0 Å². The lowest BCUT2D eigenvalue weighted by Crippen LogP contribution is -3.00. The number of thiazole rings is 1. The SMILES string of the molecule is C[n+]1ccsc1I.[I-]. The number of nitrogens with zero attached hydrogens (tertiary/aromatic N) is 1. The summed E-state index contributed by atoms with van der Waals surface area (Å²) in [6.07, 6.45) is 2.05. The van der Waals surface area contributed by atoms with Crippen molar-refractivity contribution in [1.29, 1.82) is 0 Å². The minimum Gasteiger partial charge on any atom is -1.00 e. The van der Waals surface area contributed by atoms with Crippen molar-refractivity contribution >= 4 is 33.9 Å². The zero-order chi connectivity index (χ0) is 5.28. The molecule has 1 nitrogen and oxygen atoms in total. The molecule has 1 rings (SSSR count). The Balaban J connectivity index is 0.000000490. The van der Waals surface area contributed by atoms with E-state index in [2.05, 4.69) is 32.5 Å². The van der Waals surface area contributed by atoms with Gasteiger partial charge in [0.25, 0.3) is 3.01 Å². The lowest BCUT2D eigenvalue weighted by Gasteiger charge is -1.72. The molecule has 0 aliphatic carbocycles. The van der Waals surface area contributed by atoms with Gasteiger partial charge in [-0.15, -0.1) is 0 Å².